The first-order valence-corrected chi connectivity index (χ1v) is 8.68. The highest BCUT2D eigenvalue weighted by molar-refractivity contribution is 5.96. The number of aromatic nitrogens is 1. The summed E-state index contributed by atoms with van der Waals surface area (Å²) in [5.41, 5.74) is 2.58. The number of fused-ring (bicyclic) bond motifs is 1. The van der Waals surface area contributed by atoms with Crippen molar-refractivity contribution >= 4 is 16.8 Å². The highest BCUT2D eigenvalue weighted by Crippen LogP contribution is 2.10. The van der Waals surface area contributed by atoms with Gasteiger partial charge in [0.15, 0.2) is 5.43 Å². The van der Waals surface area contributed by atoms with Crippen molar-refractivity contribution in [2.24, 2.45) is 0 Å². The van der Waals surface area contributed by atoms with Crippen LogP contribution in [0, 0.1) is 6.92 Å². The lowest BCUT2D eigenvalue weighted by Crippen LogP contribution is -2.34. The van der Waals surface area contributed by atoms with Gasteiger partial charge in [-0.2, -0.15) is 0 Å². The van der Waals surface area contributed by atoms with Crippen molar-refractivity contribution in [2.45, 2.75) is 13.5 Å². The van der Waals surface area contributed by atoms with Crippen LogP contribution in [0.1, 0.15) is 21.6 Å². The zero-order chi connectivity index (χ0) is 18.5. The third-order valence-electron chi connectivity index (χ3n) is 4.45. The number of aromatic amines is 1. The van der Waals surface area contributed by atoms with E-state index in [4.69, 9.17) is 0 Å². The van der Waals surface area contributed by atoms with Gasteiger partial charge in [-0.15, -0.1) is 0 Å². The molecule has 0 radical (unpaired) electrons. The topological polar surface area (TPSA) is 65.2 Å². The van der Waals surface area contributed by atoms with E-state index in [1.54, 1.807) is 19.1 Å². The summed E-state index contributed by atoms with van der Waals surface area (Å²) in [5.74, 6) is -0.251. The lowest BCUT2D eigenvalue weighted by molar-refractivity contribution is 0.0944. The number of carbonyl (C=O) groups is 1. The summed E-state index contributed by atoms with van der Waals surface area (Å²) in [5, 5.41) is 3.50. The average molecular weight is 349 g/mol. The molecule has 5 nitrogen and oxygen atoms in total. The van der Waals surface area contributed by atoms with E-state index in [-0.39, 0.29) is 11.3 Å². The first-order chi connectivity index (χ1) is 12.6. The number of pyridine rings is 1. The van der Waals surface area contributed by atoms with Crippen LogP contribution in [0.25, 0.3) is 10.9 Å². The van der Waals surface area contributed by atoms with Crippen LogP contribution in [0.5, 0.6) is 0 Å². The van der Waals surface area contributed by atoms with E-state index >= 15 is 0 Å². The Morgan fingerprint density at radius 1 is 1.08 bits per heavy atom. The first kappa shape index (κ1) is 17.9. The number of hydrogen-bond donors (Lipinski definition) is 2. The fourth-order valence-corrected chi connectivity index (χ4v) is 2.98. The molecule has 0 aliphatic rings. The molecule has 0 saturated heterocycles. The van der Waals surface area contributed by atoms with Crippen LogP contribution >= 0.6 is 0 Å². The van der Waals surface area contributed by atoms with Gasteiger partial charge < -0.3 is 15.2 Å². The van der Waals surface area contributed by atoms with E-state index in [1.807, 2.05) is 37.4 Å². The van der Waals surface area contributed by atoms with Crippen LogP contribution < -0.4 is 10.7 Å². The van der Waals surface area contributed by atoms with Crippen molar-refractivity contribution in [1.82, 2.24) is 15.2 Å². The number of carbonyl (C=O) groups excluding carboxylic acids is 1. The van der Waals surface area contributed by atoms with Crippen LogP contribution in [-0.2, 0) is 6.54 Å². The minimum Gasteiger partial charge on any atom is -0.350 e. The summed E-state index contributed by atoms with van der Waals surface area (Å²) in [6, 6.07) is 17.4. The summed E-state index contributed by atoms with van der Waals surface area (Å²) in [6.07, 6.45) is 0. The summed E-state index contributed by atoms with van der Waals surface area (Å²) < 4.78 is 0. The van der Waals surface area contributed by atoms with Crippen LogP contribution in [0.3, 0.4) is 0 Å². The van der Waals surface area contributed by atoms with Crippen LogP contribution in [0.4, 0.5) is 0 Å². The number of H-pyrrole nitrogens is 1. The van der Waals surface area contributed by atoms with Gasteiger partial charge in [0.1, 0.15) is 5.69 Å². The van der Waals surface area contributed by atoms with Gasteiger partial charge in [-0.1, -0.05) is 42.5 Å². The Kier molecular flexibility index (Phi) is 5.49. The van der Waals surface area contributed by atoms with Gasteiger partial charge in [0.2, 0.25) is 0 Å². The second-order valence-corrected chi connectivity index (χ2v) is 6.48. The quantitative estimate of drug-likeness (QED) is 0.719. The zero-order valence-corrected chi connectivity index (χ0v) is 15.1. The van der Waals surface area contributed by atoms with Crippen molar-refractivity contribution in [3.63, 3.8) is 0 Å². The Hall–Kier alpha value is -2.92. The molecule has 3 rings (SSSR count). The summed E-state index contributed by atoms with van der Waals surface area (Å²) in [4.78, 5) is 30.2. The van der Waals surface area contributed by atoms with Gasteiger partial charge in [0.25, 0.3) is 5.91 Å². The highest BCUT2D eigenvalue weighted by Gasteiger charge is 2.14. The van der Waals surface area contributed by atoms with E-state index in [2.05, 4.69) is 27.3 Å². The van der Waals surface area contributed by atoms with E-state index in [9.17, 15) is 9.59 Å². The SMILES string of the molecule is Cc1c(C(=O)NCCN(C)Cc2ccccc2)[nH]c2ccccc2c1=O. The van der Waals surface area contributed by atoms with Gasteiger partial charge >= 0.3 is 0 Å². The number of nitrogens with one attached hydrogen (secondary N) is 2. The maximum Gasteiger partial charge on any atom is 0.268 e. The lowest BCUT2D eigenvalue weighted by Gasteiger charge is -2.17. The summed E-state index contributed by atoms with van der Waals surface area (Å²) in [6.45, 7) is 3.73. The smallest absolute Gasteiger partial charge is 0.268 e. The second-order valence-electron chi connectivity index (χ2n) is 6.48. The Bertz CT molecular complexity index is 964. The van der Waals surface area contributed by atoms with E-state index < -0.39 is 0 Å². The molecule has 0 saturated carbocycles. The van der Waals surface area contributed by atoms with E-state index in [0.29, 0.717) is 28.7 Å². The number of benzene rings is 2. The molecular formula is C21H23N3O2. The Morgan fingerprint density at radius 3 is 2.54 bits per heavy atom. The van der Waals surface area contributed by atoms with Crippen molar-refractivity contribution in [3.8, 4) is 0 Å². The Morgan fingerprint density at radius 2 is 1.77 bits per heavy atom. The molecule has 134 valence electrons. The predicted octanol–water partition coefficient (Wildman–Crippen LogP) is 2.70. The number of nitrogens with zero attached hydrogens (tertiary/aromatic N) is 1. The summed E-state index contributed by atoms with van der Waals surface area (Å²) >= 11 is 0. The maximum atomic E-state index is 12.5. The van der Waals surface area contributed by atoms with Gasteiger partial charge in [-0.05, 0) is 31.7 Å². The molecule has 0 aliphatic heterocycles. The number of para-hydroxylation sites is 1. The molecule has 0 spiro atoms. The Labute approximate surface area is 152 Å². The highest BCUT2D eigenvalue weighted by atomic mass is 16.2. The monoisotopic (exact) mass is 349 g/mol. The zero-order valence-electron chi connectivity index (χ0n) is 15.1. The van der Waals surface area contributed by atoms with Crippen molar-refractivity contribution in [3.05, 3.63) is 81.6 Å². The molecule has 2 aromatic carbocycles. The van der Waals surface area contributed by atoms with E-state index in [1.165, 1.54) is 5.56 Å². The summed E-state index contributed by atoms with van der Waals surface area (Å²) in [7, 11) is 2.02. The maximum absolute atomic E-state index is 12.5. The second kappa shape index (κ2) is 7.97. The molecule has 1 aromatic heterocycles. The first-order valence-electron chi connectivity index (χ1n) is 8.68. The number of likely N-dealkylation sites (N-methyl/N-ethyl adjacent to an activating group) is 1. The Balaban J connectivity index is 1.63. The average Bonchev–Trinajstić information content (AvgIpc) is 2.65. The number of rotatable bonds is 6. The van der Waals surface area contributed by atoms with Crippen LogP contribution in [0.15, 0.2) is 59.4 Å². The number of hydrogen-bond acceptors (Lipinski definition) is 3. The molecule has 2 N–H and O–H groups in total. The molecular weight excluding hydrogens is 326 g/mol. The minimum atomic E-state index is -0.251. The van der Waals surface area contributed by atoms with Crippen molar-refractivity contribution in [1.29, 1.82) is 0 Å². The third-order valence-corrected chi connectivity index (χ3v) is 4.45. The molecule has 0 atom stereocenters. The molecule has 0 fully saturated rings. The van der Waals surface area contributed by atoms with Crippen molar-refractivity contribution < 1.29 is 4.79 Å². The van der Waals surface area contributed by atoms with Crippen molar-refractivity contribution in [2.75, 3.05) is 20.1 Å². The van der Waals surface area contributed by atoms with E-state index in [0.717, 1.165) is 13.1 Å². The molecule has 0 aliphatic carbocycles. The predicted molar refractivity (Wildman–Crippen MR) is 104 cm³/mol. The minimum absolute atomic E-state index is 0.106. The standard InChI is InChI=1S/C21H23N3O2/c1-15-19(23-18-11-7-6-10-17(18)20(15)25)21(26)22-12-13-24(2)14-16-8-4-3-5-9-16/h3-11H,12-14H2,1-2H3,(H,22,26)(H,23,25). The van der Waals surface area contributed by atoms with Gasteiger partial charge in [0, 0.05) is 36.1 Å². The van der Waals surface area contributed by atoms with Crippen LogP contribution in [-0.4, -0.2) is 35.9 Å². The lowest BCUT2D eigenvalue weighted by atomic mass is 10.1. The fourth-order valence-electron chi connectivity index (χ4n) is 2.98. The van der Waals surface area contributed by atoms with Gasteiger partial charge in [-0.3, -0.25) is 9.59 Å². The molecule has 1 amide bonds. The molecule has 0 unspecified atom stereocenters. The largest absolute Gasteiger partial charge is 0.350 e. The molecule has 5 heteroatoms. The normalized spacial score (nSPS) is 11.0. The molecule has 3 aromatic rings. The number of amides is 1. The molecule has 0 bridgehead atoms. The van der Waals surface area contributed by atoms with Gasteiger partial charge in [0.05, 0.1) is 0 Å². The molecule has 1 heterocycles. The fraction of sp³-hybridized carbons (Fsp3) is 0.238. The van der Waals surface area contributed by atoms with Crippen LogP contribution in [0.2, 0.25) is 0 Å². The third kappa shape index (κ3) is 4.00. The van der Waals surface area contributed by atoms with Gasteiger partial charge in [-0.25, -0.2) is 0 Å². The molecule has 26 heavy (non-hydrogen) atoms.